The van der Waals surface area contributed by atoms with E-state index in [9.17, 15) is 14.4 Å². The molecule has 0 bridgehead atoms. The molecule has 0 unspecified atom stereocenters. The standard InChI is InChI=1S/C24H22N2O3S/c1-17(27)19-10-12-20(13-11-19)25-24(29)16-30-22-9-5-8-21(15-22)26-23(28)14-18-6-3-2-4-7-18/h2-13,15H,14,16H2,1H3,(H,25,29)(H,26,28). The van der Waals surface area contributed by atoms with Crippen LogP contribution in [-0.4, -0.2) is 23.4 Å². The molecule has 6 heteroatoms. The van der Waals surface area contributed by atoms with Crippen molar-refractivity contribution in [1.82, 2.24) is 0 Å². The zero-order chi connectivity index (χ0) is 21.3. The van der Waals surface area contributed by atoms with Crippen LogP contribution in [0, 0.1) is 0 Å². The highest BCUT2D eigenvalue weighted by atomic mass is 32.2. The molecule has 0 saturated heterocycles. The quantitative estimate of drug-likeness (QED) is 0.407. The topological polar surface area (TPSA) is 75.3 Å². The van der Waals surface area contributed by atoms with Gasteiger partial charge in [-0.1, -0.05) is 36.4 Å². The molecule has 152 valence electrons. The monoisotopic (exact) mass is 418 g/mol. The number of thioether (sulfide) groups is 1. The molecule has 0 aliphatic heterocycles. The van der Waals surface area contributed by atoms with E-state index in [1.165, 1.54) is 18.7 Å². The second kappa shape index (κ2) is 10.4. The molecule has 0 radical (unpaired) electrons. The summed E-state index contributed by atoms with van der Waals surface area (Å²) in [5, 5.41) is 5.70. The maximum absolute atomic E-state index is 12.2. The summed E-state index contributed by atoms with van der Waals surface area (Å²) >= 11 is 1.38. The van der Waals surface area contributed by atoms with Crippen molar-refractivity contribution in [1.29, 1.82) is 0 Å². The molecule has 0 fully saturated rings. The molecule has 0 heterocycles. The van der Waals surface area contributed by atoms with Crippen LogP contribution in [0.25, 0.3) is 0 Å². The summed E-state index contributed by atoms with van der Waals surface area (Å²) in [6, 6.07) is 23.8. The number of anilines is 2. The van der Waals surface area contributed by atoms with Crippen LogP contribution in [0.1, 0.15) is 22.8 Å². The molecule has 0 atom stereocenters. The molecule has 0 aromatic heterocycles. The first kappa shape index (κ1) is 21.3. The molecule has 0 saturated carbocycles. The SMILES string of the molecule is CC(=O)c1ccc(NC(=O)CSc2cccc(NC(=O)Cc3ccccc3)c2)cc1. The molecule has 3 aromatic carbocycles. The van der Waals surface area contributed by atoms with E-state index in [1.807, 2.05) is 54.6 Å². The van der Waals surface area contributed by atoms with Gasteiger partial charge in [0.25, 0.3) is 0 Å². The third-order valence-corrected chi connectivity index (χ3v) is 5.26. The van der Waals surface area contributed by atoms with Crippen molar-refractivity contribution < 1.29 is 14.4 Å². The Labute approximate surface area is 179 Å². The minimum Gasteiger partial charge on any atom is -0.326 e. The third kappa shape index (κ3) is 6.60. The number of hydrogen-bond donors (Lipinski definition) is 2. The fraction of sp³-hybridized carbons (Fsp3) is 0.125. The van der Waals surface area contributed by atoms with E-state index in [4.69, 9.17) is 0 Å². The summed E-state index contributed by atoms with van der Waals surface area (Å²) < 4.78 is 0. The summed E-state index contributed by atoms with van der Waals surface area (Å²) in [4.78, 5) is 36.6. The number of rotatable bonds is 8. The molecule has 0 aliphatic rings. The number of carbonyl (C=O) groups is 3. The Bertz CT molecular complexity index is 1030. The lowest BCUT2D eigenvalue weighted by Gasteiger charge is -2.08. The molecule has 3 rings (SSSR count). The Morgan fingerprint density at radius 2 is 1.47 bits per heavy atom. The average Bonchev–Trinajstić information content (AvgIpc) is 2.73. The molecular weight excluding hydrogens is 396 g/mol. The largest absolute Gasteiger partial charge is 0.326 e. The van der Waals surface area contributed by atoms with Crippen LogP contribution in [0.2, 0.25) is 0 Å². The first-order chi connectivity index (χ1) is 14.5. The maximum atomic E-state index is 12.2. The Morgan fingerprint density at radius 1 is 0.767 bits per heavy atom. The lowest BCUT2D eigenvalue weighted by atomic mass is 10.1. The zero-order valence-corrected chi connectivity index (χ0v) is 17.4. The number of hydrogen-bond acceptors (Lipinski definition) is 4. The highest BCUT2D eigenvalue weighted by Crippen LogP contribution is 2.22. The zero-order valence-electron chi connectivity index (χ0n) is 16.6. The van der Waals surface area contributed by atoms with Gasteiger partial charge < -0.3 is 10.6 Å². The van der Waals surface area contributed by atoms with Crippen molar-refractivity contribution >= 4 is 40.7 Å². The molecule has 2 amide bonds. The van der Waals surface area contributed by atoms with E-state index < -0.39 is 0 Å². The van der Waals surface area contributed by atoms with Crippen LogP contribution in [0.5, 0.6) is 0 Å². The molecular formula is C24H22N2O3S. The first-order valence-corrected chi connectivity index (χ1v) is 10.5. The van der Waals surface area contributed by atoms with Gasteiger partial charge in [0.05, 0.1) is 12.2 Å². The first-order valence-electron chi connectivity index (χ1n) is 9.47. The van der Waals surface area contributed by atoms with Gasteiger partial charge in [0.15, 0.2) is 5.78 Å². The van der Waals surface area contributed by atoms with E-state index in [2.05, 4.69) is 10.6 Å². The minimum absolute atomic E-state index is 0.0147. The Morgan fingerprint density at radius 3 is 2.17 bits per heavy atom. The van der Waals surface area contributed by atoms with Gasteiger partial charge in [0.1, 0.15) is 0 Å². The summed E-state index contributed by atoms with van der Waals surface area (Å²) in [6.07, 6.45) is 0.309. The van der Waals surface area contributed by atoms with Gasteiger partial charge in [-0.3, -0.25) is 14.4 Å². The number of Topliss-reactive ketones (excluding diaryl/α,β-unsaturated/α-hetero) is 1. The summed E-state index contributed by atoms with van der Waals surface area (Å²) in [5.74, 6) is -0.0149. The summed E-state index contributed by atoms with van der Waals surface area (Å²) in [7, 11) is 0. The van der Waals surface area contributed by atoms with E-state index in [1.54, 1.807) is 24.3 Å². The van der Waals surface area contributed by atoms with Crippen LogP contribution >= 0.6 is 11.8 Å². The van der Waals surface area contributed by atoms with Crippen molar-refractivity contribution in [2.45, 2.75) is 18.2 Å². The van der Waals surface area contributed by atoms with E-state index >= 15 is 0 Å². The van der Waals surface area contributed by atoms with Crippen LogP contribution in [0.15, 0.2) is 83.8 Å². The highest BCUT2D eigenvalue weighted by molar-refractivity contribution is 8.00. The van der Waals surface area contributed by atoms with Gasteiger partial charge in [-0.15, -0.1) is 11.8 Å². The third-order valence-electron chi connectivity index (χ3n) is 4.27. The number of nitrogens with one attached hydrogen (secondary N) is 2. The summed E-state index contributed by atoms with van der Waals surface area (Å²) in [5.41, 5.74) is 2.90. The van der Waals surface area contributed by atoms with Crippen molar-refractivity contribution in [2.24, 2.45) is 0 Å². The number of amides is 2. The van der Waals surface area contributed by atoms with Crippen LogP contribution in [0.4, 0.5) is 11.4 Å². The van der Waals surface area contributed by atoms with Gasteiger partial charge in [-0.05, 0) is 55.0 Å². The van der Waals surface area contributed by atoms with Crippen LogP contribution in [0.3, 0.4) is 0 Å². The van der Waals surface area contributed by atoms with Gasteiger partial charge in [-0.25, -0.2) is 0 Å². The normalized spacial score (nSPS) is 10.3. The molecule has 0 aliphatic carbocycles. The smallest absolute Gasteiger partial charge is 0.234 e. The maximum Gasteiger partial charge on any atom is 0.234 e. The Hall–Kier alpha value is -3.38. The average molecular weight is 419 g/mol. The van der Waals surface area contributed by atoms with Gasteiger partial charge in [-0.2, -0.15) is 0 Å². The lowest BCUT2D eigenvalue weighted by molar-refractivity contribution is -0.115. The van der Waals surface area contributed by atoms with Crippen molar-refractivity contribution in [2.75, 3.05) is 16.4 Å². The minimum atomic E-state index is -0.144. The predicted octanol–water partition coefficient (Wildman–Crippen LogP) is 4.80. The lowest BCUT2D eigenvalue weighted by Crippen LogP contribution is -2.15. The van der Waals surface area contributed by atoms with E-state index in [0.717, 1.165) is 10.5 Å². The van der Waals surface area contributed by atoms with Crippen molar-refractivity contribution in [3.63, 3.8) is 0 Å². The second-order valence-corrected chi connectivity index (χ2v) is 7.76. The Kier molecular flexibility index (Phi) is 7.40. The fourth-order valence-corrected chi connectivity index (χ4v) is 3.54. The fourth-order valence-electron chi connectivity index (χ4n) is 2.78. The molecule has 5 nitrogen and oxygen atoms in total. The number of benzene rings is 3. The Balaban J connectivity index is 1.50. The van der Waals surface area contributed by atoms with E-state index in [-0.39, 0.29) is 23.4 Å². The molecule has 0 spiro atoms. The van der Waals surface area contributed by atoms with Crippen LogP contribution < -0.4 is 10.6 Å². The number of carbonyl (C=O) groups excluding carboxylic acids is 3. The van der Waals surface area contributed by atoms with Gasteiger partial charge in [0.2, 0.25) is 11.8 Å². The van der Waals surface area contributed by atoms with Crippen molar-refractivity contribution in [3.05, 3.63) is 90.0 Å². The highest BCUT2D eigenvalue weighted by Gasteiger charge is 2.07. The van der Waals surface area contributed by atoms with Gasteiger partial charge >= 0.3 is 0 Å². The number of ketones is 1. The second-order valence-electron chi connectivity index (χ2n) is 6.71. The van der Waals surface area contributed by atoms with E-state index in [0.29, 0.717) is 23.4 Å². The predicted molar refractivity (Wildman–Crippen MR) is 121 cm³/mol. The molecule has 30 heavy (non-hydrogen) atoms. The molecule has 2 N–H and O–H groups in total. The van der Waals surface area contributed by atoms with Gasteiger partial charge in [0, 0.05) is 21.8 Å². The molecule has 3 aromatic rings. The van der Waals surface area contributed by atoms with Crippen LogP contribution in [-0.2, 0) is 16.0 Å². The summed E-state index contributed by atoms with van der Waals surface area (Å²) in [6.45, 7) is 1.50. The van der Waals surface area contributed by atoms with Crippen molar-refractivity contribution in [3.8, 4) is 0 Å².